The molecule has 0 spiro atoms. The van der Waals surface area contributed by atoms with Gasteiger partial charge in [0.15, 0.2) is 11.6 Å². The van der Waals surface area contributed by atoms with Gasteiger partial charge in [0.2, 0.25) is 0 Å². The molecule has 0 bridgehead atoms. The number of carbonyl (C=O) groups excluding carboxylic acids is 1. The van der Waals surface area contributed by atoms with E-state index in [2.05, 4.69) is 10.3 Å². The third kappa shape index (κ3) is 5.12. The monoisotopic (exact) mass is 410 g/mol. The lowest BCUT2D eigenvalue weighted by Crippen LogP contribution is -2.27. The van der Waals surface area contributed by atoms with Crippen LogP contribution in [0.3, 0.4) is 0 Å². The molecule has 2 N–H and O–H groups in total. The smallest absolute Gasteiger partial charge is 0.412 e. The van der Waals surface area contributed by atoms with E-state index >= 15 is 4.39 Å². The van der Waals surface area contributed by atoms with E-state index in [0.717, 1.165) is 0 Å². The van der Waals surface area contributed by atoms with E-state index in [-0.39, 0.29) is 18.0 Å². The van der Waals surface area contributed by atoms with Crippen molar-refractivity contribution in [2.24, 2.45) is 0 Å². The summed E-state index contributed by atoms with van der Waals surface area (Å²) in [7, 11) is 0. The Morgan fingerprint density at radius 1 is 1.07 bits per heavy atom. The van der Waals surface area contributed by atoms with Gasteiger partial charge in [-0.1, -0.05) is 24.3 Å². The zero-order valence-electron chi connectivity index (χ0n) is 17.0. The number of hydrogen-bond donors (Lipinski definition) is 2. The van der Waals surface area contributed by atoms with E-state index in [1.54, 1.807) is 69.4 Å². The van der Waals surface area contributed by atoms with E-state index < -0.39 is 17.5 Å². The molecule has 0 saturated heterocycles. The number of hydrogen-bond acceptors (Lipinski definition) is 5. The van der Waals surface area contributed by atoms with Crippen molar-refractivity contribution in [3.05, 3.63) is 72.3 Å². The van der Waals surface area contributed by atoms with Gasteiger partial charge in [-0.3, -0.25) is 10.3 Å². The Kier molecular flexibility index (Phi) is 6.32. The fraction of sp³-hybridized carbons (Fsp3) is 0.217. The number of aliphatic hydroxyl groups excluding tert-OH is 1. The number of aliphatic hydroxyl groups is 1. The standard InChI is InChI=1S/C23H23FN2O4/c1-23(2,3)30-22(28)26-18-12-11-17(16-10-7-13-25-19(16)14-27)21(20(18)24)29-15-8-5-4-6-9-15/h4-13,27H,14H2,1-3H3,(H,26,28). The summed E-state index contributed by atoms with van der Waals surface area (Å²) in [5, 5.41) is 12.1. The first-order chi connectivity index (χ1) is 14.3. The molecule has 6 nitrogen and oxygen atoms in total. The second-order valence-corrected chi connectivity index (χ2v) is 7.50. The first kappa shape index (κ1) is 21.3. The summed E-state index contributed by atoms with van der Waals surface area (Å²) in [6.45, 7) is 4.83. The van der Waals surface area contributed by atoms with Gasteiger partial charge >= 0.3 is 6.09 Å². The number of benzene rings is 2. The van der Waals surface area contributed by atoms with Gasteiger partial charge in [0, 0.05) is 17.3 Å². The van der Waals surface area contributed by atoms with Gasteiger partial charge in [-0.15, -0.1) is 0 Å². The van der Waals surface area contributed by atoms with E-state index in [9.17, 15) is 9.90 Å². The maximum atomic E-state index is 15.5. The number of nitrogens with zero attached hydrogens (tertiary/aromatic N) is 1. The fourth-order valence-electron chi connectivity index (χ4n) is 2.79. The van der Waals surface area contributed by atoms with Gasteiger partial charge in [-0.25, -0.2) is 9.18 Å². The minimum Gasteiger partial charge on any atom is -0.454 e. The van der Waals surface area contributed by atoms with Gasteiger partial charge < -0.3 is 14.6 Å². The van der Waals surface area contributed by atoms with Crippen molar-refractivity contribution >= 4 is 11.8 Å². The molecular weight excluding hydrogens is 387 g/mol. The van der Waals surface area contributed by atoms with Crippen molar-refractivity contribution in [1.82, 2.24) is 4.98 Å². The summed E-state index contributed by atoms with van der Waals surface area (Å²) in [6, 6.07) is 15.1. The molecular formula is C23H23FN2O4. The molecule has 0 atom stereocenters. The molecule has 156 valence electrons. The maximum Gasteiger partial charge on any atom is 0.412 e. The van der Waals surface area contributed by atoms with E-state index in [0.29, 0.717) is 22.6 Å². The number of pyridine rings is 1. The van der Waals surface area contributed by atoms with E-state index in [1.165, 1.54) is 6.07 Å². The molecule has 30 heavy (non-hydrogen) atoms. The lowest BCUT2D eigenvalue weighted by molar-refractivity contribution is 0.0635. The van der Waals surface area contributed by atoms with Gasteiger partial charge in [0.1, 0.15) is 11.4 Å². The van der Waals surface area contributed by atoms with Crippen LogP contribution in [0.25, 0.3) is 11.1 Å². The predicted molar refractivity (Wildman–Crippen MR) is 112 cm³/mol. The molecule has 0 fully saturated rings. The quantitative estimate of drug-likeness (QED) is 0.579. The fourth-order valence-corrected chi connectivity index (χ4v) is 2.79. The molecule has 0 aliphatic rings. The first-order valence-corrected chi connectivity index (χ1v) is 9.39. The van der Waals surface area contributed by atoms with Gasteiger partial charge in [0.25, 0.3) is 0 Å². The number of aromatic nitrogens is 1. The number of para-hydroxylation sites is 1. The molecule has 0 saturated carbocycles. The van der Waals surface area contributed by atoms with Gasteiger partial charge in [-0.2, -0.15) is 0 Å². The molecule has 0 unspecified atom stereocenters. The third-order valence-corrected chi connectivity index (χ3v) is 4.03. The summed E-state index contributed by atoms with van der Waals surface area (Å²) < 4.78 is 26.5. The van der Waals surface area contributed by atoms with E-state index in [1.807, 2.05) is 6.07 Å². The molecule has 1 aromatic heterocycles. The molecule has 2 aromatic carbocycles. The maximum absolute atomic E-state index is 15.5. The second-order valence-electron chi connectivity index (χ2n) is 7.50. The molecule has 7 heteroatoms. The lowest BCUT2D eigenvalue weighted by atomic mass is 10.0. The second kappa shape index (κ2) is 8.92. The van der Waals surface area contributed by atoms with Gasteiger partial charge in [-0.05, 0) is 51.1 Å². The Morgan fingerprint density at radius 3 is 2.47 bits per heavy atom. The van der Waals surface area contributed by atoms with Crippen LogP contribution in [0.5, 0.6) is 11.5 Å². The Balaban J connectivity index is 2.07. The van der Waals surface area contributed by atoms with Crippen LogP contribution in [0.1, 0.15) is 26.5 Å². The molecule has 0 aliphatic carbocycles. The minimum atomic E-state index is -0.780. The topological polar surface area (TPSA) is 80.7 Å². The zero-order chi connectivity index (χ0) is 21.7. The van der Waals surface area contributed by atoms with E-state index in [4.69, 9.17) is 9.47 Å². The summed E-state index contributed by atoms with van der Waals surface area (Å²) in [4.78, 5) is 16.3. The van der Waals surface area contributed by atoms with Crippen molar-refractivity contribution in [1.29, 1.82) is 0 Å². The Morgan fingerprint density at radius 2 is 1.80 bits per heavy atom. The number of ether oxygens (including phenoxy) is 2. The van der Waals surface area contributed by atoms with Crippen LogP contribution in [0, 0.1) is 5.82 Å². The molecule has 1 amide bonds. The first-order valence-electron chi connectivity index (χ1n) is 9.39. The van der Waals surface area contributed by atoms with Crippen LogP contribution < -0.4 is 10.1 Å². The number of nitrogens with one attached hydrogen (secondary N) is 1. The van der Waals surface area contributed by atoms with Crippen molar-refractivity contribution < 1.29 is 23.8 Å². The SMILES string of the molecule is CC(C)(C)OC(=O)Nc1ccc(-c2cccnc2CO)c(Oc2ccccc2)c1F. The average Bonchev–Trinajstić information content (AvgIpc) is 2.70. The van der Waals surface area contributed by atoms with Crippen LogP contribution >= 0.6 is 0 Å². The summed E-state index contributed by atoms with van der Waals surface area (Å²) in [5.41, 5.74) is 0.475. The predicted octanol–water partition coefficient (Wildman–Crippen LogP) is 5.52. The Hall–Kier alpha value is -3.45. The number of anilines is 1. The van der Waals surface area contributed by atoms with Crippen LogP contribution in [-0.2, 0) is 11.3 Å². The molecule has 1 heterocycles. The highest BCUT2D eigenvalue weighted by Crippen LogP contribution is 2.40. The minimum absolute atomic E-state index is 0.0895. The highest BCUT2D eigenvalue weighted by atomic mass is 19.1. The normalized spacial score (nSPS) is 11.1. The molecule has 3 rings (SSSR count). The van der Waals surface area contributed by atoms with Crippen LogP contribution in [-0.4, -0.2) is 21.8 Å². The summed E-state index contributed by atoms with van der Waals surface area (Å²) in [6.07, 6.45) is 0.763. The van der Waals surface area contributed by atoms with Crippen LogP contribution in [0.15, 0.2) is 60.8 Å². The zero-order valence-corrected chi connectivity index (χ0v) is 17.0. The number of halogens is 1. The van der Waals surface area contributed by atoms with Crippen LogP contribution in [0.4, 0.5) is 14.9 Å². The largest absolute Gasteiger partial charge is 0.454 e. The third-order valence-electron chi connectivity index (χ3n) is 4.03. The van der Waals surface area contributed by atoms with Crippen LogP contribution in [0.2, 0.25) is 0 Å². The molecule has 0 radical (unpaired) electrons. The van der Waals surface area contributed by atoms with Crippen molar-refractivity contribution in [3.8, 4) is 22.6 Å². The van der Waals surface area contributed by atoms with Crippen molar-refractivity contribution in [2.45, 2.75) is 33.0 Å². The van der Waals surface area contributed by atoms with Crippen molar-refractivity contribution in [2.75, 3.05) is 5.32 Å². The molecule has 0 aliphatic heterocycles. The summed E-state index contributed by atoms with van der Waals surface area (Å²) in [5.74, 6) is -0.450. The highest BCUT2D eigenvalue weighted by Gasteiger charge is 2.22. The lowest BCUT2D eigenvalue weighted by Gasteiger charge is -2.21. The number of rotatable bonds is 5. The van der Waals surface area contributed by atoms with Crippen molar-refractivity contribution in [3.63, 3.8) is 0 Å². The highest BCUT2D eigenvalue weighted by molar-refractivity contribution is 5.87. The molecule has 3 aromatic rings. The Labute approximate surface area is 174 Å². The summed E-state index contributed by atoms with van der Waals surface area (Å²) >= 11 is 0. The number of amides is 1. The van der Waals surface area contributed by atoms with Gasteiger partial charge in [0.05, 0.1) is 18.0 Å². The Bertz CT molecular complexity index is 1030. The average molecular weight is 410 g/mol. The number of carbonyl (C=O) groups is 1.